The molecule has 0 saturated carbocycles. The Bertz CT molecular complexity index is 4050. The minimum Gasteiger partial charge on any atom is -0.481 e. The van der Waals surface area contributed by atoms with Gasteiger partial charge in [0.2, 0.25) is 0 Å². The quantitative estimate of drug-likeness (QED) is 0.0217. The van der Waals surface area contributed by atoms with E-state index in [1.165, 1.54) is 49.4 Å². The molecule has 5 N–H and O–H groups in total. The van der Waals surface area contributed by atoms with Gasteiger partial charge >= 0.3 is 24.3 Å². The molecule has 24 heteroatoms. The number of carboxylic acid groups (broad SMARTS) is 1. The number of alkyl halides is 6. The van der Waals surface area contributed by atoms with Gasteiger partial charge in [0.05, 0.1) is 46.7 Å². The van der Waals surface area contributed by atoms with Gasteiger partial charge in [0.25, 0.3) is 11.8 Å². The van der Waals surface area contributed by atoms with E-state index in [2.05, 4.69) is 51.0 Å². The second-order valence-corrected chi connectivity index (χ2v) is 27.2. The number of halogens is 6. The Hall–Kier alpha value is -9.16. The number of rotatable bonds is 24. The molecule has 10 rings (SSSR count). The molecule has 2 aliphatic rings. The first kappa shape index (κ1) is 73.1. The Morgan fingerprint density at radius 2 is 0.939 bits per heavy atom. The Balaban J connectivity index is 0.000000230. The number of nitrogens with zero attached hydrogens (tertiary/aromatic N) is 6. The van der Waals surface area contributed by atoms with Gasteiger partial charge < -0.3 is 40.9 Å². The van der Waals surface area contributed by atoms with Crippen molar-refractivity contribution in [2.45, 2.75) is 128 Å². The maximum absolute atomic E-state index is 13.6. The van der Waals surface area contributed by atoms with Crippen LogP contribution in [-0.2, 0) is 38.2 Å². The minimum atomic E-state index is -4.44. The summed E-state index contributed by atoms with van der Waals surface area (Å²) in [4.78, 5) is 72.4. The molecule has 2 fully saturated rings. The molecule has 2 aromatic heterocycles. The Morgan fingerprint density at radius 3 is 1.35 bits per heavy atom. The molecular formula is C74H80F6N10O6S2. The second kappa shape index (κ2) is 33.9. The molecule has 2 unspecified atom stereocenters. The molecule has 16 nitrogen and oxygen atoms in total. The van der Waals surface area contributed by atoms with E-state index in [0.29, 0.717) is 97.2 Å². The van der Waals surface area contributed by atoms with Crippen LogP contribution in [0.25, 0.3) is 22.5 Å². The van der Waals surface area contributed by atoms with Crippen molar-refractivity contribution in [2.24, 2.45) is 0 Å². The highest BCUT2D eigenvalue weighted by atomic mass is 32.2. The summed E-state index contributed by atoms with van der Waals surface area (Å²) in [6.07, 6.45) is 1.03. The minimum absolute atomic E-state index is 0.0749. The normalized spacial score (nSPS) is 14.1. The molecule has 2 amide bonds. The van der Waals surface area contributed by atoms with Crippen molar-refractivity contribution >= 4 is 81.7 Å². The third-order valence-electron chi connectivity index (χ3n) is 16.2. The van der Waals surface area contributed by atoms with Crippen LogP contribution < -0.4 is 31.1 Å². The monoisotopic (exact) mass is 1380 g/mol. The predicted octanol–water partition coefficient (Wildman–Crippen LogP) is 17.8. The van der Waals surface area contributed by atoms with E-state index in [4.69, 9.17) is 9.84 Å². The van der Waals surface area contributed by atoms with E-state index in [1.54, 1.807) is 74.1 Å². The fourth-order valence-corrected chi connectivity index (χ4v) is 13.0. The van der Waals surface area contributed by atoms with Crippen LogP contribution in [0.4, 0.5) is 60.7 Å². The Labute approximate surface area is 575 Å². The van der Waals surface area contributed by atoms with Crippen molar-refractivity contribution in [3.05, 3.63) is 203 Å². The number of carboxylic acids is 1. The number of carbonyl (C=O) groups is 4. The highest BCUT2D eigenvalue weighted by Crippen LogP contribution is 2.38. The van der Waals surface area contributed by atoms with Crippen LogP contribution in [0.1, 0.15) is 152 Å². The van der Waals surface area contributed by atoms with Crippen molar-refractivity contribution in [3.63, 3.8) is 0 Å². The average molecular weight is 1380 g/mol. The summed E-state index contributed by atoms with van der Waals surface area (Å²) in [6, 6.07) is 39.3. The summed E-state index contributed by atoms with van der Waals surface area (Å²) in [6.45, 7) is 12.8. The number of nitrogens with one attached hydrogen (secondary N) is 4. The molecule has 2 aliphatic heterocycles. The van der Waals surface area contributed by atoms with Gasteiger partial charge in [-0.15, -0.1) is 0 Å². The number of ether oxygens (including phenoxy) is 1. The van der Waals surface area contributed by atoms with Gasteiger partial charge in [-0.25, -0.2) is 19.9 Å². The lowest BCUT2D eigenvalue weighted by atomic mass is 10.0. The maximum atomic E-state index is 13.6. The lowest BCUT2D eigenvalue weighted by molar-refractivity contribution is -0.154. The molecule has 0 spiro atoms. The van der Waals surface area contributed by atoms with Gasteiger partial charge in [-0.3, -0.25) is 19.2 Å². The molecule has 0 bridgehead atoms. The molecule has 98 heavy (non-hydrogen) atoms. The molecule has 8 aromatic rings. The highest BCUT2D eigenvalue weighted by Gasteiger charge is 2.32. The summed E-state index contributed by atoms with van der Waals surface area (Å²) in [5, 5.41) is 21.4. The fourth-order valence-electron chi connectivity index (χ4n) is 11.2. The van der Waals surface area contributed by atoms with E-state index < -0.39 is 47.1 Å². The largest absolute Gasteiger partial charge is 0.481 e. The number of thioether (sulfide) groups is 2. The van der Waals surface area contributed by atoms with Gasteiger partial charge in [0.1, 0.15) is 29.9 Å². The van der Waals surface area contributed by atoms with Crippen molar-refractivity contribution in [2.75, 3.05) is 68.8 Å². The van der Waals surface area contributed by atoms with Gasteiger partial charge in [-0.05, 0) is 180 Å². The van der Waals surface area contributed by atoms with Crippen LogP contribution in [0.3, 0.4) is 0 Å². The summed E-state index contributed by atoms with van der Waals surface area (Å²) in [5.74, 6) is 1.49. The maximum Gasteiger partial charge on any atom is 0.416 e. The lowest BCUT2D eigenvalue weighted by Crippen LogP contribution is -2.29. The number of amides is 2. The highest BCUT2D eigenvalue weighted by molar-refractivity contribution is 7.98. The van der Waals surface area contributed by atoms with Crippen LogP contribution in [0.2, 0.25) is 0 Å². The Kier molecular flexibility index (Phi) is 25.3. The van der Waals surface area contributed by atoms with Crippen molar-refractivity contribution < 1.29 is 55.4 Å². The number of benzene rings is 6. The van der Waals surface area contributed by atoms with E-state index in [0.717, 1.165) is 98.6 Å². The van der Waals surface area contributed by atoms with E-state index in [-0.39, 0.29) is 24.2 Å². The number of anilines is 6. The predicted molar refractivity (Wildman–Crippen MR) is 378 cm³/mol. The lowest BCUT2D eigenvalue weighted by Gasteiger charge is -2.29. The molecule has 0 radical (unpaired) electrons. The van der Waals surface area contributed by atoms with E-state index >= 15 is 0 Å². The van der Waals surface area contributed by atoms with Gasteiger partial charge in [0, 0.05) is 107 Å². The number of carbonyl (C=O) groups excluding carboxylic acids is 3. The zero-order valence-electron chi connectivity index (χ0n) is 55.2. The van der Waals surface area contributed by atoms with Crippen molar-refractivity contribution in [1.29, 1.82) is 0 Å². The average Bonchev–Trinajstić information content (AvgIpc) is 0.814. The SMILES string of the molecule is CC(Nc1cc(-c2cc(N3CCCCC3)ccc2NC(=O)c2cccc(CSCCC(=O)O)c2)ncn1)c1cccc(C(F)(F)F)c1.CC(Nc1cc(-c2cc(N3CCCCC3)ccc2NC(=O)c2cccc(CSCCC(=O)OC(C)(C)C)c2)ncn1)c1cccc(C(F)(F)F)c1. The van der Waals surface area contributed by atoms with E-state index in [9.17, 15) is 45.5 Å². The number of piperidine rings is 2. The molecule has 4 heterocycles. The third-order valence-corrected chi connectivity index (χ3v) is 18.3. The zero-order valence-corrected chi connectivity index (χ0v) is 56.9. The first-order valence-electron chi connectivity index (χ1n) is 32.5. The van der Waals surface area contributed by atoms with Crippen molar-refractivity contribution in [3.8, 4) is 22.5 Å². The Morgan fingerprint density at radius 1 is 0.520 bits per heavy atom. The first-order chi connectivity index (χ1) is 46.8. The van der Waals surface area contributed by atoms with Gasteiger partial charge in [-0.2, -0.15) is 49.9 Å². The van der Waals surface area contributed by atoms with Crippen molar-refractivity contribution in [1.82, 2.24) is 19.9 Å². The topological polar surface area (TPSA) is 204 Å². The summed E-state index contributed by atoms with van der Waals surface area (Å²) < 4.78 is 85.4. The van der Waals surface area contributed by atoms with Crippen LogP contribution in [0.5, 0.6) is 0 Å². The summed E-state index contributed by atoms with van der Waals surface area (Å²) in [5.41, 5.74) is 7.39. The van der Waals surface area contributed by atoms with Crippen LogP contribution in [-0.4, -0.2) is 92.1 Å². The van der Waals surface area contributed by atoms with E-state index in [1.807, 2.05) is 81.4 Å². The number of hydrogen-bond acceptors (Lipinski definition) is 15. The fraction of sp³-hybridized carbons (Fsp3) is 0.351. The van der Waals surface area contributed by atoms with Gasteiger partial charge in [0.15, 0.2) is 0 Å². The number of hydrogen-bond donors (Lipinski definition) is 5. The second-order valence-electron chi connectivity index (χ2n) is 25.0. The third kappa shape index (κ3) is 21.7. The molecular weight excluding hydrogens is 1300 g/mol. The van der Waals surface area contributed by atoms with Crippen LogP contribution >= 0.6 is 23.5 Å². The molecule has 0 aliphatic carbocycles. The smallest absolute Gasteiger partial charge is 0.416 e. The molecule has 2 atom stereocenters. The number of aromatic nitrogens is 4. The molecule has 6 aromatic carbocycles. The summed E-state index contributed by atoms with van der Waals surface area (Å²) in [7, 11) is 0. The zero-order chi connectivity index (χ0) is 70.0. The summed E-state index contributed by atoms with van der Waals surface area (Å²) >= 11 is 3.09. The molecule has 516 valence electrons. The molecule has 2 saturated heterocycles. The number of aliphatic carboxylic acids is 1. The van der Waals surface area contributed by atoms with Crippen LogP contribution in [0, 0.1) is 0 Å². The first-order valence-corrected chi connectivity index (χ1v) is 34.8. The van der Waals surface area contributed by atoms with Crippen LogP contribution in [0.15, 0.2) is 158 Å². The number of esters is 1. The van der Waals surface area contributed by atoms with Gasteiger partial charge in [-0.1, -0.05) is 48.5 Å². The standard InChI is InChI=1S/C39H44F3N5O3S.C35H36F3N5O3S/c1-26(28-11-9-13-30(21-28)39(40,41)42)45-35-23-34(43-25-44-35)32-22-31(47-17-6-5-7-18-47)14-15-33(32)46-37(49)29-12-8-10-27(20-29)24-51-19-16-36(48)50-38(2,3)4;1-23(25-8-6-10-27(18-25)35(36,37)38)41-32-20-31(39-22-40-32)29-19-28(43-14-3-2-4-15-43)11-12-30(29)42-34(46)26-9-5-7-24(17-26)21-47-16-13-33(44)45/h8-15,20-23,25-26H,5-7,16-19,24H2,1-4H3,(H,46,49)(H,43,44,45);5-12,17-20,22-23H,2-4,13-16,21H2,1H3,(H,42,46)(H,44,45)(H,39,40,41).